The molecule has 0 atom stereocenters. The van der Waals surface area contributed by atoms with E-state index in [1.807, 2.05) is 6.07 Å². The largest absolute Gasteiger partial charge is 0.310 e. The van der Waals surface area contributed by atoms with Crippen LogP contribution < -0.4 is 26.2 Å². The third kappa shape index (κ3) is 10.8. The van der Waals surface area contributed by atoms with Crippen molar-refractivity contribution in [2.45, 2.75) is 131 Å². The van der Waals surface area contributed by atoms with Crippen molar-refractivity contribution in [2.75, 3.05) is 9.80 Å². The van der Waals surface area contributed by atoms with E-state index in [0.29, 0.717) is 5.56 Å². The molecule has 0 N–H and O–H groups in total. The molecule has 3 heterocycles. The molecule has 0 unspecified atom stereocenters. The van der Waals surface area contributed by atoms with Crippen LogP contribution in [0.4, 0.5) is 34.1 Å². The Bertz CT molecular complexity index is 5360. The molecule has 0 saturated heterocycles. The standard InChI is InChI=1S/C92H88BN3/c1-88(2,3)66-44-40-62(41-45-66)72-46-49-79-84(73-38-28-29-39-78(73)94(79)71-36-26-19-27-37-71)87(72)96-81-52-63(59-30-20-16-21-31-59)42-47-77(81)93-76-48-43-64(65-50-67(89(4,5)6)54-68(51-65)90(7,8)9)53-80(76)95(82-57-70(92(13,14)15)58-83(96)85(82)93)86-74(60-32-22-17-23-33-60)55-69(91(10,11)12)56-75(86)61-34-24-18-25-35-61/h16-58H,1-15H3/i16D,20D,21D,30D,31D. The van der Waals surface area contributed by atoms with Crippen molar-refractivity contribution in [3.05, 3.63) is 289 Å². The smallest absolute Gasteiger partial charge is 0.252 e. The fraction of sp³-hybridized carbons (Fsp3) is 0.217. The summed E-state index contributed by atoms with van der Waals surface area (Å²) in [6, 6.07) is 84.1. The molecule has 96 heavy (non-hydrogen) atoms. The molecule has 1 aromatic heterocycles. The topological polar surface area (TPSA) is 11.4 Å². The average Bonchev–Trinajstić information content (AvgIpc) is 1.48. The van der Waals surface area contributed by atoms with Gasteiger partial charge in [-0.15, -0.1) is 0 Å². The van der Waals surface area contributed by atoms with Gasteiger partial charge < -0.3 is 14.4 Å². The molecule has 0 spiro atoms. The van der Waals surface area contributed by atoms with E-state index in [-0.39, 0.29) is 51.4 Å². The Morgan fingerprint density at radius 1 is 0.302 bits per heavy atom. The molecule has 12 aromatic carbocycles. The van der Waals surface area contributed by atoms with Gasteiger partial charge in [-0.05, 0) is 171 Å². The maximum absolute atomic E-state index is 9.64. The lowest BCUT2D eigenvalue weighted by Crippen LogP contribution is -2.61. The third-order valence-corrected chi connectivity index (χ3v) is 20.2. The number of hydrogen-bond acceptors (Lipinski definition) is 2. The van der Waals surface area contributed by atoms with Crippen molar-refractivity contribution in [1.82, 2.24) is 4.57 Å². The van der Waals surface area contributed by atoms with Crippen LogP contribution in [0.1, 0.15) is 139 Å². The minimum absolute atomic E-state index is 0.107. The van der Waals surface area contributed by atoms with Crippen LogP contribution in [0.2, 0.25) is 0 Å². The van der Waals surface area contributed by atoms with Crippen LogP contribution in [-0.4, -0.2) is 11.3 Å². The highest BCUT2D eigenvalue weighted by molar-refractivity contribution is 7.00. The maximum atomic E-state index is 9.64. The van der Waals surface area contributed by atoms with Gasteiger partial charge in [0.15, 0.2) is 0 Å². The Hall–Kier alpha value is -9.90. The second-order valence-corrected chi connectivity index (χ2v) is 31.9. The first-order valence-electron chi connectivity index (χ1n) is 36.7. The lowest BCUT2D eigenvalue weighted by atomic mass is 9.33. The van der Waals surface area contributed by atoms with Crippen LogP contribution in [0.15, 0.2) is 261 Å². The van der Waals surface area contributed by atoms with Crippen LogP contribution in [0.25, 0.3) is 83.1 Å². The van der Waals surface area contributed by atoms with Crippen molar-refractivity contribution in [3.63, 3.8) is 0 Å². The van der Waals surface area contributed by atoms with Gasteiger partial charge in [0.25, 0.3) is 6.71 Å². The number of rotatable bonds is 8. The van der Waals surface area contributed by atoms with E-state index in [1.165, 1.54) is 22.3 Å². The molecule has 0 amide bonds. The normalized spacial score (nSPS) is 14.0. The summed E-state index contributed by atoms with van der Waals surface area (Å²) in [4.78, 5) is 5.18. The van der Waals surface area contributed by atoms with Crippen LogP contribution in [0, 0.1) is 0 Å². The first-order chi connectivity index (χ1) is 47.9. The second kappa shape index (κ2) is 22.9. The van der Waals surface area contributed by atoms with E-state index in [2.05, 4.69) is 343 Å². The van der Waals surface area contributed by atoms with E-state index in [9.17, 15) is 2.74 Å². The fourth-order valence-electron chi connectivity index (χ4n) is 14.8. The van der Waals surface area contributed by atoms with Crippen LogP contribution >= 0.6 is 0 Å². The van der Waals surface area contributed by atoms with Crippen molar-refractivity contribution < 1.29 is 6.85 Å². The lowest BCUT2D eigenvalue weighted by molar-refractivity contribution is 0.569. The SMILES string of the molecule is [2H]c1c([2H])c([2H])c(-c2ccc3c(c2)N(c2c(-c4ccc(C(C)(C)C)cc4)ccc4c2c2ccccc2n4-c2ccccc2)c2cc(C(C)(C)C)cc4c2B3c2ccc(-c3cc(C(C)(C)C)cc(C(C)(C)C)c3)cc2N4c2c(-c3ccccc3)cc(C(C)(C)C)cc2-c2ccccc2)c([2H])c1[2H]. The average molecular weight is 1250 g/mol. The van der Waals surface area contributed by atoms with Gasteiger partial charge in [-0.3, -0.25) is 0 Å². The molecule has 2 aliphatic heterocycles. The van der Waals surface area contributed by atoms with Gasteiger partial charge >= 0.3 is 0 Å². The minimum Gasteiger partial charge on any atom is -0.310 e. The summed E-state index contributed by atoms with van der Waals surface area (Å²) < 4.78 is 48.8. The number of anilines is 6. The zero-order chi connectivity index (χ0) is 71.3. The summed E-state index contributed by atoms with van der Waals surface area (Å²) in [6.45, 7) is 34.2. The van der Waals surface area contributed by atoms with Gasteiger partial charge in [0.2, 0.25) is 0 Å². The van der Waals surface area contributed by atoms with Crippen molar-refractivity contribution in [3.8, 4) is 61.3 Å². The number of benzene rings is 12. The molecular formula is C92H88BN3. The lowest BCUT2D eigenvalue weighted by Gasteiger charge is -2.46. The molecule has 0 saturated carbocycles. The Morgan fingerprint density at radius 2 is 0.740 bits per heavy atom. The molecule has 13 aromatic rings. The monoisotopic (exact) mass is 1250 g/mol. The molecule has 0 radical (unpaired) electrons. The van der Waals surface area contributed by atoms with Crippen LogP contribution in [0.5, 0.6) is 0 Å². The second-order valence-electron chi connectivity index (χ2n) is 31.9. The Balaban J connectivity index is 1.16. The van der Waals surface area contributed by atoms with E-state index in [4.69, 9.17) is 4.11 Å². The Kier molecular flexibility index (Phi) is 13.5. The molecule has 15 rings (SSSR count). The summed E-state index contributed by atoms with van der Waals surface area (Å²) in [5.41, 5.74) is 26.9. The van der Waals surface area contributed by atoms with Crippen molar-refractivity contribution in [1.29, 1.82) is 0 Å². The molecule has 0 fully saturated rings. The number of aromatic nitrogens is 1. The highest BCUT2D eigenvalue weighted by atomic mass is 15.2. The summed E-state index contributed by atoms with van der Waals surface area (Å²) in [7, 11) is 0. The van der Waals surface area contributed by atoms with Crippen molar-refractivity contribution in [2.24, 2.45) is 0 Å². The molecule has 3 nitrogen and oxygen atoms in total. The van der Waals surface area contributed by atoms with Crippen LogP contribution in [-0.2, 0) is 27.1 Å². The number of hydrogen-bond donors (Lipinski definition) is 0. The molecular weight excluding hydrogens is 1160 g/mol. The number of nitrogens with zero attached hydrogens (tertiary/aromatic N) is 3. The molecule has 474 valence electrons. The zero-order valence-electron chi connectivity index (χ0n) is 63.4. The summed E-state index contributed by atoms with van der Waals surface area (Å²) >= 11 is 0. The van der Waals surface area contributed by atoms with Gasteiger partial charge in [-0.2, -0.15) is 0 Å². The minimum atomic E-state index is -0.426. The summed E-state index contributed by atoms with van der Waals surface area (Å²) in [5, 5.41) is 2.12. The Labute approximate surface area is 577 Å². The molecule has 0 aliphatic carbocycles. The fourth-order valence-corrected chi connectivity index (χ4v) is 14.8. The van der Waals surface area contributed by atoms with Crippen molar-refractivity contribution >= 4 is 79.0 Å². The maximum Gasteiger partial charge on any atom is 0.252 e. The first kappa shape index (κ1) is 56.5. The predicted molar refractivity (Wildman–Crippen MR) is 415 cm³/mol. The number of para-hydroxylation sites is 2. The summed E-state index contributed by atoms with van der Waals surface area (Å²) in [5.74, 6) is 0. The van der Waals surface area contributed by atoms with Gasteiger partial charge in [0.05, 0.1) is 29.3 Å². The van der Waals surface area contributed by atoms with E-state index < -0.39 is 18.2 Å². The highest BCUT2D eigenvalue weighted by Gasteiger charge is 2.46. The first-order valence-corrected chi connectivity index (χ1v) is 34.2. The van der Waals surface area contributed by atoms with Gasteiger partial charge in [-0.1, -0.05) is 304 Å². The van der Waals surface area contributed by atoms with Gasteiger partial charge in [-0.25, -0.2) is 0 Å². The summed E-state index contributed by atoms with van der Waals surface area (Å²) in [6.07, 6.45) is 0. The van der Waals surface area contributed by atoms with E-state index >= 15 is 0 Å². The molecule has 4 heteroatoms. The van der Waals surface area contributed by atoms with E-state index in [0.717, 1.165) is 128 Å². The highest BCUT2D eigenvalue weighted by Crippen LogP contribution is 2.56. The zero-order valence-corrected chi connectivity index (χ0v) is 58.4. The quantitative estimate of drug-likeness (QED) is 0.141. The Morgan fingerprint density at radius 3 is 1.26 bits per heavy atom. The molecule has 2 aliphatic rings. The third-order valence-electron chi connectivity index (χ3n) is 20.2. The van der Waals surface area contributed by atoms with Gasteiger partial charge in [0, 0.05) is 55.9 Å². The number of fused-ring (bicyclic) bond motifs is 7. The van der Waals surface area contributed by atoms with Gasteiger partial charge in [0.1, 0.15) is 0 Å². The van der Waals surface area contributed by atoms with E-state index in [1.54, 1.807) is 0 Å². The van der Waals surface area contributed by atoms with Crippen LogP contribution in [0.3, 0.4) is 0 Å². The predicted octanol–water partition coefficient (Wildman–Crippen LogP) is 23.7. The molecule has 0 bridgehead atoms.